The van der Waals surface area contributed by atoms with Crippen molar-refractivity contribution in [2.45, 2.75) is 13.8 Å². The minimum absolute atomic E-state index is 0.568. The summed E-state index contributed by atoms with van der Waals surface area (Å²) in [7, 11) is 0. The summed E-state index contributed by atoms with van der Waals surface area (Å²) in [4.78, 5) is 0.944. The molecule has 0 saturated carbocycles. The van der Waals surface area contributed by atoms with Crippen LogP contribution in [0.4, 0.5) is 0 Å². The molecule has 12 heavy (non-hydrogen) atoms. The number of hydrogen-bond donors (Lipinski definition) is 1. The summed E-state index contributed by atoms with van der Waals surface area (Å²) in [6.07, 6.45) is 0. The topological polar surface area (TPSA) is 38.9 Å². The maximum absolute atomic E-state index is 5.60. The van der Waals surface area contributed by atoms with E-state index in [0.717, 1.165) is 21.7 Å². The van der Waals surface area contributed by atoms with Gasteiger partial charge in [0, 0.05) is 11.3 Å². The van der Waals surface area contributed by atoms with Crippen LogP contribution in [0.15, 0.2) is 13.2 Å². The molecule has 0 atom stereocenters. The number of rotatable bonds is 2. The van der Waals surface area contributed by atoms with Crippen LogP contribution in [0, 0.1) is 6.92 Å². The zero-order chi connectivity index (χ0) is 9.30. The number of nitrogens with two attached hydrogens (primary N) is 1. The van der Waals surface area contributed by atoms with Crippen molar-refractivity contribution in [3.63, 3.8) is 0 Å². The van der Waals surface area contributed by atoms with E-state index in [-0.39, 0.29) is 0 Å². The minimum atomic E-state index is 0.568. The number of aromatic nitrogens is 1. The minimum Gasteiger partial charge on any atom is -0.398 e. The fourth-order valence-corrected chi connectivity index (χ4v) is 1.94. The molecule has 0 unspecified atom stereocenters. The second-order valence-electron chi connectivity index (χ2n) is 2.78. The van der Waals surface area contributed by atoms with Crippen LogP contribution in [-0.2, 0) is 0 Å². The molecular formula is C9H12N2S. The molecular weight excluding hydrogens is 168 g/mol. The molecule has 0 aliphatic carbocycles. The molecule has 2 N–H and O–H groups in total. The van der Waals surface area contributed by atoms with E-state index in [1.807, 2.05) is 13.8 Å². The Balaban J connectivity index is 3.31. The summed E-state index contributed by atoms with van der Waals surface area (Å²) in [5.74, 6) is 0. The van der Waals surface area contributed by atoms with Crippen LogP contribution in [-0.4, -0.2) is 4.37 Å². The Morgan fingerprint density at radius 3 is 2.42 bits per heavy atom. The predicted molar refractivity (Wildman–Crippen MR) is 54.8 cm³/mol. The summed E-state index contributed by atoms with van der Waals surface area (Å²) < 4.78 is 4.20. The Morgan fingerprint density at radius 2 is 2.08 bits per heavy atom. The Hall–Kier alpha value is -1.09. The van der Waals surface area contributed by atoms with Gasteiger partial charge in [-0.1, -0.05) is 13.2 Å². The van der Waals surface area contributed by atoms with E-state index < -0.39 is 0 Å². The van der Waals surface area contributed by atoms with E-state index in [1.165, 1.54) is 11.5 Å². The zero-order valence-corrected chi connectivity index (χ0v) is 8.16. The van der Waals surface area contributed by atoms with Gasteiger partial charge < -0.3 is 5.73 Å². The van der Waals surface area contributed by atoms with E-state index in [2.05, 4.69) is 17.5 Å². The molecule has 3 heteroatoms. The first-order valence-electron chi connectivity index (χ1n) is 3.61. The molecule has 0 aliphatic rings. The first-order chi connectivity index (χ1) is 5.54. The van der Waals surface area contributed by atoms with Gasteiger partial charge in [-0.05, 0) is 31.0 Å². The summed E-state index contributed by atoms with van der Waals surface area (Å²) in [5, 5.41) is 0. The molecule has 0 aromatic carbocycles. The maximum Gasteiger partial charge on any atom is 0.0778 e. The van der Waals surface area contributed by atoms with Gasteiger partial charge in [0.2, 0.25) is 0 Å². The van der Waals surface area contributed by atoms with Gasteiger partial charge in [0.25, 0.3) is 0 Å². The van der Waals surface area contributed by atoms with Gasteiger partial charge >= 0.3 is 0 Å². The third kappa shape index (κ3) is 1.41. The largest absolute Gasteiger partial charge is 0.398 e. The van der Waals surface area contributed by atoms with Crippen LogP contribution in [0.3, 0.4) is 0 Å². The quantitative estimate of drug-likeness (QED) is 0.759. The molecule has 0 spiro atoms. The fraction of sp³-hybridized carbons (Fsp3) is 0.222. The standard InChI is InChI=1S/C9H12N2S/c1-5(2)8-7(4)11-12-9(8)6(3)10/h1,3,10H2,2,4H3. The van der Waals surface area contributed by atoms with Crippen molar-refractivity contribution in [2.75, 3.05) is 0 Å². The molecule has 1 rings (SSSR count). The molecule has 1 heterocycles. The van der Waals surface area contributed by atoms with Gasteiger partial charge in [0.15, 0.2) is 0 Å². The predicted octanol–water partition coefficient (Wildman–Crippen LogP) is 2.41. The maximum atomic E-state index is 5.60. The van der Waals surface area contributed by atoms with Crippen molar-refractivity contribution in [3.8, 4) is 0 Å². The van der Waals surface area contributed by atoms with Crippen molar-refractivity contribution < 1.29 is 0 Å². The van der Waals surface area contributed by atoms with Gasteiger partial charge in [0.1, 0.15) is 0 Å². The molecule has 1 aromatic heterocycles. The Morgan fingerprint density at radius 1 is 1.50 bits per heavy atom. The molecule has 1 aromatic rings. The third-order valence-corrected chi connectivity index (χ3v) is 2.60. The van der Waals surface area contributed by atoms with E-state index in [1.54, 1.807) is 0 Å². The Labute approximate surface area is 76.6 Å². The second kappa shape index (κ2) is 3.11. The van der Waals surface area contributed by atoms with Gasteiger partial charge in [-0.2, -0.15) is 4.37 Å². The van der Waals surface area contributed by atoms with E-state index in [4.69, 9.17) is 5.73 Å². The molecule has 0 saturated heterocycles. The molecule has 0 fully saturated rings. The molecule has 0 amide bonds. The first kappa shape index (κ1) is 9.00. The van der Waals surface area contributed by atoms with Crippen LogP contribution in [0.5, 0.6) is 0 Å². The van der Waals surface area contributed by atoms with Crippen molar-refractivity contribution in [3.05, 3.63) is 29.3 Å². The third-order valence-electron chi connectivity index (χ3n) is 1.58. The van der Waals surface area contributed by atoms with Gasteiger partial charge in [-0.25, -0.2) is 0 Å². The molecule has 64 valence electrons. The van der Waals surface area contributed by atoms with Gasteiger partial charge in [-0.15, -0.1) is 0 Å². The fourth-order valence-electron chi connectivity index (χ4n) is 1.09. The lowest BCUT2D eigenvalue weighted by molar-refractivity contribution is 1.31. The summed E-state index contributed by atoms with van der Waals surface area (Å²) >= 11 is 1.38. The van der Waals surface area contributed by atoms with E-state index in [0.29, 0.717) is 5.70 Å². The highest BCUT2D eigenvalue weighted by Gasteiger charge is 2.11. The average molecular weight is 180 g/mol. The van der Waals surface area contributed by atoms with Crippen molar-refractivity contribution in [1.82, 2.24) is 4.37 Å². The lowest BCUT2D eigenvalue weighted by atomic mass is 10.1. The number of aryl methyl sites for hydroxylation is 1. The highest BCUT2D eigenvalue weighted by molar-refractivity contribution is 7.07. The van der Waals surface area contributed by atoms with Crippen LogP contribution < -0.4 is 5.73 Å². The van der Waals surface area contributed by atoms with Crippen LogP contribution >= 0.6 is 11.5 Å². The van der Waals surface area contributed by atoms with E-state index >= 15 is 0 Å². The zero-order valence-electron chi connectivity index (χ0n) is 7.35. The number of hydrogen-bond acceptors (Lipinski definition) is 3. The SMILES string of the molecule is C=C(N)c1snc(C)c1C(=C)C. The second-order valence-corrected chi connectivity index (χ2v) is 3.55. The average Bonchev–Trinajstić information content (AvgIpc) is 2.30. The summed E-state index contributed by atoms with van der Waals surface area (Å²) in [6, 6.07) is 0. The van der Waals surface area contributed by atoms with Gasteiger partial charge in [-0.3, -0.25) is 0 Å². The highest BCUT2D eigenvalue weighted by Crippen LogP contribution is 2.27. The van der Waals surface area contributed by atoms with Crippen LogP contribution in [0.1, 0.15) is 23.1 Å². The lowest BCUT2D eigenvalue weighted by Crippen LogP contribution is -1.94. The van der Waals surface area contributed by atoms with E-state index in [9.17, 15) is 0 Å². The monoisotopic (exact) mass is 180 g/mol. The van der Waals surface area contributed by atoms with Crippen molar-refractivity contribution in [1.29, 1.82) is 0 Å². The number of allylic oxidation sites excluding steroid dienone is 1. The normalized spacial score (nSPS) is 9.83. The van der Waals surface area contributed by atoms with Gasteiger partial charge in [0.05, 0.1) is 10.6 Å². The Kier molecular flexibility index (Phi) is 2.33. The lowest BCUT2D eigenvalue weighted by Gasteiger charge is -2.01. The van der Waals surface area contributed by atoms with Crippen molar-refractivity contribution in [2.24, 2.45) is 5.73 Å². The molecule has 0 radical (unpaired) electrons. The highest BCUT2D eigenvalue weighted by atomic mass is 32.1. The van der Waals surface area contributed by atoms with Crippen LogP contribution in [0.2, 0.25) is 0 Å². The molecule has 0 aliphatic heterocycles. The van der Waals surface area contributed by atoms with Crippen LogP contribution in [0.25, 0.3) is 11.3 Å². The molecule has 0 bridgehead atoms. The summed E-state index contributed by atoms with van der Waals surface area (Å²) in [5.41, 5.74) is 9.19. The Bertz CT molecular complexity index is 336. The first-order valence-corrected chi connectivity index (χ1v) is 4.38. The van der Waals surface area contributed by atoms with Crippen molar-refractivity contribution >= 4 is 22.8 Å². The molecule has 2 nitrogen and oxygen atoms in total. The number of nitrogens with zero attached hydrogens (tertiary/aromatic N) is 1. The smallest absolute Gasteiger partial charge is 0.0778 e. The summed E-state index contributed by atoms with van der Waals surface area (Å²) in [6.45, 7) is 11.5.